The second-order valence-corrected chi connectivity index (χ2v) is 6.23. The Hall–Kier alpha value is -0.870. The van der Waals surface area contributed by atoms with Crippen molar-refractivity contribution >= 4 is 27.5 Å². The van der Waals surface area contributed by atoms with Crippen molar-refractivity contribution in [3.8, 4) is 0 Å². The second kappa shape index (κ2) is 7.65. The van der Waals surface area contributed by atoms with Crippen LogP contribution in [-0.2, 0) is 4.79 Å². The number of amides is 1. The SMILES string of the molecule is Cc1cc(Br)cc(NC(=O)C(C)CCCC(C)N)c1. The molecule has 0 aliphatic rings. The number of nitrogens with one attached hydrogen (secondary N) is 1. The fraction of sp³-hybridized carbons (Fsp3) is 0.533. The lowest BCUT2D eigenvalue weighted by molar-refractivity contribution is -0.119. The van der Waals surface area contributed by atoms with Crippen LogP contribution < -0.4 is 11.1 Å². The van der Waals surface area contributed by atoms with Crippen molar-refractivity contribution in [1.82, 2.24) is 0 Å². The van der Waals surface area contributed by atoms with E-state index >= 15 is 0 Å². The molecule has 3 N–H and O–H groups in total. The number of anilines is 1. The molecule has 0 heterocycles. The topological polar surface area (TPSA) is 55.1 Å². The zero-order chi connectivity index (χ0) is 14.4. The Morgan fingerprint density at radius 2 is 2.00 bits per heavy atom. The van der Waals surface area contributed by atoms with Crippen LogP contribution in [0.2, 0.25) is 0 Å². The lowest BCUT2D eigenvalue weighted by atomic mass is 10.0. The number of nitrogens with two attached hydrogens (primary N) is 1. The maximum absolute atomic E-state index is 12.1. The molecule has 0 aliphatic carbocycles. The van der Waals surface area contributed by atoms with Crippen LogP contribution in [0.5, 0.6) is 0 Å². The number of rotatable bonds is 6. The van der Waals surface area contributed by atoms with Crippen LogP contribution in [0.3, 0.4) is 0 Å². The Bertz CT molecular complexity index is 412. The Kier molecular flexibility index (Phi) is 6.52. The molecule has 0 radical (unpaired) electrons. The summed E-state index contributed by atoms with van der Waals surface area (Å²) in [5.74, 6) is 0.0835. The van der Waals surface area contributed by atoms with Crippen LogP contribution >= 0.6 is 15.9 Å². The molecule has 106 valence electrons. The third-order valence-corrected chi connectivity index (χ3v) is 3.51. The molecule has 0 bridgehead atoms. The molecule has 0 aliphatic heterocycles. The Balaban J connectivity index is 2.49. The summed E-state index contributed by atoms with van der Waals surface area (Å²) in [6.45, 7) is 5.96. The smallest absolute Gasteiger partial charge is 0.227 e. The van der Waals surface area contributed by atoms with E-state index in [9.17, 15) is 4.79 Å². The molecule has 2 atom stereocenters. The van der Waals surface area contributed by atoms with Crippen LogP contribution in [0.15, 0.2) is 22.7 Å². The number of halogens is 1. The minimum Gasteiger partial charge on any atom is -0.328 e. The minimum atomic E-state index is 0.0121. The van der Waals surface area contributed by atoms with Gasteiger partial charge in [0.25, 0.3) is 0 Å². The summed E-state index contributed by atoms with van der Waals surface area (Å²) in [6, 6.07) is 6.11. The molecule has 0 fully saturated rings. The lowest BCUT2D eigenvalue weighted by Crippen LogP contribution is -2.21. The molecule has 4 heteroatoms. The molecule has 1 amide bonds. The highest BCUT2D eigenvalue weighted by Crippen LogP contribution is 2.20. The first-order valence-electron chi connectivity index (χ1n) is 6.72. The summed E-state index contributed by atoms with van der Waals surface area (Å²) in [6.07, 6.45) is 2.83. The van der Waals surface area contributed by atoms with Gasteiger partial charge in [-0.1, -0.05) is 29.3 Å². The van der Waals surface area contributed by atoms with Crippen LogP contribution in [-0.4, -0.2) is 11.9 Å². The Morgan fingerprint density at radius 3 is 2.58 bits per heavy atom. The molecule has 0 aromatic heterocycles. The molecular weight excluding hydrogens is 304 g/mol. The predicted molar refractivity (Wildman–Crippen MR) is 84.2 cm³/mol. The van der Waals surface area contributed by atoms with Crippen LogP contribution in [0.1, 0.15) is 38.7 Å². The quantitative estimate of drug-likeness (QED) is 0.834. The zero-order valence-electron chi connectivity index (χ0n) is 11.9. The number of benzene rings is 1. The molecule has 2 unspecified atom stereocenters. The third kappa shape index (κ3) is 6.21. The molecule has 0 saturated heterocycles. The summed E-state index contributed by atoms with van der Waals surface area (Å²) in [5.41, 5.74) is 7.67. The van der Waals surface area contributed by atoms with Gasteiger partial charge in [-0.25, -0.2) is 0 Å². The van der Waals surface area contributed by atoms with Crippen molar-refractivity contribution in [3.05, 3.63) is 28.2 Å². The summed E-state index contributed by atoms with van der Waals surface area (Å²) >= 11 is 3.43. The fourth-order valence-electron chi connectivity index (χ4n) is 1.95. The first kappa shape index (κ1) is 16.2. The first-order valence-corrected chi connectivity index (χ1v) is 7.51. The minimum absolute atomic E-state index is 0.0121. The van der Waals surface area contributed by atoms with Gasteiger partial charge in [0.1, 0.15) is 0 Å². The highest BCUT2D eigenvalue weighted by Gasteiger charge is 2.13. The van der Waals surface area contributed by atoms with Crippen molar-refractivity contribution in [2.75, 3.05) is 5.32 Å². The summed E-state index contributed by atoms with van der Waals surface area (Å²) in [5, 5.41) is 2.96. The van der Waals surface area contributed by atoms with E-state index in [1.807, 2.05) is 39.0 Å². The van der Waals surface area contributed by atoms with Crippen LogP contribution in [0.25, 0.3) is 0 Å². The summed E-state index contributed by atoms with van der Waals surface area (Å²) in [7, 11) is 0. The molecular formula is C15H23BrN2O. The zero-order valence-corrected chi connectivity index (χ0v) is 13.5. The van der Waals surface area contributed by atoms with E-state index in [4.69, 9.17) is 5.73 Å². The van der Waals surface area contributed by atoms with Crippen molar-refractivity contribution in [3.63, 3.8) is 0 Å². The van der Waals surface area contributed by atoms with Crippen LogP contribution in [0.4, 0.5) is 5.69 Å². The molecule has 19 heavy (non-hydrogen) atoms. The van der Waals surface area contributed by atoms with Crippen molar-refractivity contribution in [2.24, 2.45) is 11.7 Å². The number of aryl methyl sites for hydroxylation is 1. The van der Waals surface area contributed by atoms with E-state index in [0.717, 1.165) is 35.0 Å². The second-order valence-electron chi connectivity index (χ2n) is 5.32. The van der Waals surface area contributed by atoms with Gasteiger partial charge in [0.2, 0.25) is 5.91 Å². The average molecular weight is 327 g/mol. The Morgan fingerprint density at radius 1 is 1.32 bits per heavy atom. The van der Waals surface area contributed by atoms with Gasteiger partial charge in [0.15, 0.2) is 0 Å². The first-order chi connectivity index (χ1) is 8.88. The normalized spacial score (nSPS) is 13.9. The molecule has 0 spiro atoms. The highest BCUT2D eigenvalue weighted by atomic mass is 79.9. The van der Waals surface area contributed by atoms with E-state index in [2.05, 4.69) is 21.2 Å². The molecule has 0 saturated carbocycles. The van der Waals surface area contributed by atoms with Gasteiger partial charge in [-0.05, 0) is 50.5 Å². The molecule has 1 rings (SSSR count). The fourth-order valence-corrected chi connectivity index (χ4v) is 2.56. The summed E-state index contributed by atoms with van der Waals surface area (Å²) < 4.78 is 0.979. The van der Waals surface area contributed by atoms with Crippen molar-refractivity contribution in [1.29, 1.82) is 0 Å². The number of hydrogen-bond donors (Lipinski definition) is 2. The standard InChI is InChI=1S/C15H23BrN2O/c1-10-7-13(16)9-14(8-10)18-15(19)11(2)5-4-6-12(3)17/h7-9,11-12H,4-6,17H2,1-3H3,(H,18,19). The van der Waals surface area contributed by atoms with Crippen molar-refractivity contribution < 1.29 is 4.79 Å². The van der Waals surface area contributed by atoms with Gasteiger partial charge in [0.05, 0.1) is 0 Å². The van der Waals surface area contributed by atoms with Crippen LogP contribution in [0, 0.1) is 12.8 Å². The van der Waals surface area contributed by atoms with E-state index in [1.54, 1.807) is 0 Å². The van der Waals surface area contributed by atoms with Gasteiger partial charge in [-0.2, -0.15) is 0 Å². The average Bonchev–Trinajstić information content (AvgIpc) is 2.26. The maximum Gasteiger partial charge on any atom is 0.227 e. The third-order valence-electron chi connectivity index (χ3n) is 3.05. The van der Waals surface area contributed by atoms with E-state index < -0.39 is 0 Å². The Labute approximate surface area is 124 Å². The number of hydrogen-bond acceptors (Lipinski definition) is 2. The predicted octanol–water partition coefficient (Wildman–Crippen LogP) is 3.85. The molecule has 1 aromatic carbocycles. The number of carbonyl (C=O) groups is 1. The molecule has 3 nitrogen and oxygen atoms in total. The number of carbonyl (C=O) groups excluding carboxylic acids is 1. The van der Waals surface area contributed by atoms with E-state index in [0.29, 0.717) is 0 Å². The van der Waals surface area contributed by atoms with Gasteiger partial charge < -0.3 is 11.1 Å². The monoisotopic (exact) mass is 326 g/mol. The largest absolute Gasteiger partial charge is 0.328 e. The molecule has 1 aromatic rings. The summed E-state index contributed by atoms with van der Waals surface area (Å²) in [4.78, 5) is 12.1. The van der Waals surface area contributed by atoms with Crippen molar-refractivity contribution in [2.45, 2.75) is 46.1 Å². The van der Waals surface area contributed by atoms with E-state index in [-0.39, 0.29) is 17.9 Å². The van der Waals surface area contributed by atoms with Gasteiger partial charge in [-0.15, -0.1) is 0 Å². The maximum atomic E-state index is 12.1. The van der Waals surface area contributed by atoms with E-state index in [1.165, 1.54) is 0 Å². The highest BCUT2D eigenvalue weighted by molar-refractivity contribution is 9.10. The lowest BCUT2D eigenvalue weighted by Gasteiger charge is -2.13. The van der Waals surface area contributed by atoms with Gasteiger partial charge in [-0.3, -0.25) is 4.79 Å². The van der Waals surface area contributed by atoms with Gasteiger partial charge in [0, 0.05) is 22.1 Å². The van der Waals surface area contributed by atoms with Gasteiger partial charge >= 0.3 is 0 Å².